The molecule has 2 aliphatic rings. The van der Waals surface area contributed by atoms with Crippen molar-refractivity contribution in [2.75, 3.05) is 5.75 Å². The van der Waals surface area contributed by atoms with Crippen molar-refractivity contribution in [2.24, 2.45) is 0 Å². The van der Waals surface area contributed by atoms with Gasteiger partial charge < -0.3 is 15.1 Å². The smallest absolute Gasteiger partial charge is 0.304 e. The number of hydrogen-bond acceptors (Lipinski definition) is 4. The Morgan fingerprint density at radius 2 is 0.830 bits per heavy atom. The zero-order valence-electron chi connectivity index (χ0n) is 31.0. The summed E-state index contributed by atoms with van der Waals surface area (Å²) >= 11 is 1.58. The molecule has 7 aromatic rings. The molecule has 4 aromatic carbocycles. The van der Waals surface area contributed by atoms with Crippen molar-refractivity contribution in [3.05, 3.63) is 112 Å². The molecule has 53 heavy (non-hydrogen) atoms. The van der Waals surface area contributed by atoms with Gasteiger partial charge in [-0.1, -0.05) is 42.5 Å². The molecule has 5 heterocycles. The van der Waals surface area contributed by atoms with E-state index in [1.165, 1.54) is 44.2 Å². The molecule has 262 valence electrons. The summed E-state index contributed by atoms with van der Waals surface area (Å²) in [5, 5.41) is 14.1. The minimum absolute atomic E-state index is 0.0878. The summed E-state index contributed by atoms with van der Waals surface area (Å²) in [6.07, 6.45) is 0.0878. The highest BCUT2D eigenvalue weighted by Crippen LogP contribution is 2.45. The van der Waals surface area contributed by atoms with E-state index in [0.29, 0.717) is 5.75 Å². The van der Waals surface area contributed by atoms with Crippen LogP contribution < -0.4 is 0 Å². The first kappa shape index (κ1) is 33.2. The van der Waals surface area contributed by atoms with Crippen LogP contribution in [0.1, 0.15) is 45.4 Å². The third-order valence-corrected chi connectivity index (χ3v) is 12.1. The average Bonchev–Trinajstić information content (AvgIpc) is 3.87. The van der Waals surface area contributed by atoms with Gasteiger partial charge in [-0.3, -0.25) is 4.79 Å². The van der Waals surface area contributed by atoms with E-state index in [1.54, 1.807) is 11.8 Å². The minimum Gasteiger partial charge on any atom is -0.481 e. The van der Waals surface area contributed by atoms with Crippen LogP contribution in [0.4, 0.5) is 0 Å². The lowest BCUT2D eigenvalue weighted by Gasteiger charge is -2.08. The summed E-state index contributed by atoms with van der Waals surface area (Å²) in [6.45, 7) is 15.2. The first-order valence-corrected chi connectivity index (χ1v) is 19.1. The number of thioether (sulfide) groups is 1. The summed E-state index contributed by atoms with van der Waals surface area (Å²) < 4.78 is 0. The van der Waals surface area contributed by atoms with Crippen LogP contribution >= 0.6 is 11.8 Å². The third kappa shape index (κ3) is 5.20. The van der Waals surface area contributed by atoms with E-state index in [-0.39, 0.29) is 6.42 Å². The summed E-state index contributed by atoms with van der Waals surface area (Å²) in [7, 11) is 0. The van der Waals surface area contributed by atoms with Crippen molar-refractivity contribution in [1.82, 2.24) is 19.9 Å². The Kier molecular flexibility index (Phi) is 7.65. The highest BCUT2D eigenvalue weighted by Gasteiger charge is 2.24. The quantitative estimate of drug-likeness (QED) is 0.158. The summed E-state index contributed by atoms with van der Waals surface area (Å²) in [4.78, 5) is 31.1. The largest absolute Gasteiger partial charge is 0.481 e. The molecule has 0 spiro atoms. The van der Waals surface area contributed by atoms with Gasteiger partial charge in [0.1, 0.15) is 0 Å². The Hall–Kier alpha value is -5.66. The number of aromatic amines is 2. The number of H-pyrrole nitrogens is 2. The maximum atomic E-state index is 11.5. The fourth-order valence-electron chi connectivity index (χ4n) is 8.54. The van der Waals surface area contributed by atoms with Gasteiger partial charge in [0.25, 0.3) is 0 Å². The van der Waals surface area contributed by atoms with E-state index in [4.69, 9.17) is 9.97 Å². The zero-order chi connectivity index (χ0) is 36.9. The van der Waals surface area contributed by atoms with Crippen LogP contribution in [0.25, 0.3) is 88.6 Å². The van der Waals surface area contributed by atoms with Gasteiger partial charge in [0.15, 0.2) is 0 Å². The number of carboxylic acids is 1. The third-order valence-electron chi connectivity index (χ3n) is 11.1. The number of aliphatic carboxylic acids is 1. The molecular weight excluding hydrogens is 673 g/mol. The first-order valence-electron chi connectivity index (χ1n) is 18.1. The number of aryl methyl sites for hydroxylation is 7. The molecule has 2 aliphatic heterocycles. The fraction of sp³-hybridized carbons (Fsp3) is 0.196. The lowest BCUT2D eigenvalue weighted by atomic mass is 9.94. The molecule has 0 radical (unpaired) electrons. The van der Waals surface area contributed by atoms with Crippen LogP contribution in [0.15, 0.2) is 77.7 Å². The van der Waals surface area contributed by atoms with E-state index in [2.05, 4.69) is 131 Å². The Morgan fingerprint density at radius 1 is 0.509 bits per heavy atom. The van der Waals surface area contributed by atoms with Crippen molar-refractivity contribution in [3.63, 3.8) is 0 Å². The molecule has 3 aromatic heterocycles. The van der Waals surface area contributed by atoms with Crippen LogP contribution in [-0.2, 0) is 4.79 Å². The molecule has 0 unspecified atom stereocenters. The van der Waals surface area contributed by atoms with Crippen LogP contribution in [0.3, 0.4) is 0 Å². The number of aromatic nitrogens is 4. The van der Waals surface area contributed by atoms with Crippen molar-refractivity contribution < 1.29 is 9.90 Å². The molecule has 0 atom stereocenters. The summed E-state index contributed by atoms with van der Waals surface area (Å²) in [5.41, 5.74) is 20.5. The Bertz CT molecular complexity index is 2920. The molecule has 6 nitrogen and oxygen atoms in total. The maximum absolute atomic E-state index is 11.5. The molecule has 3 N–H and O–H groups in total. The lowest BCUT2D eigenvalue weighted by Crippen LogP contribution is -1.95. The van der Waals surface area contributed by atoms with Gasteiger partial charge >= 0.3 is 5.97 Å². The maximum Gasteiger partial charge on any atom is 0.304 e. The Balaban J connectivity index is 1.52. The van der Waals surface area contributed by atoms with Crippen molar-refractivity contribution in [3.8, 4) is 45.0 Å². The second-order valence-corrected chi connectivity index (χ2v) is 15.9. The van der Waals surface area contributed by atoms with Crippen LogP contribution in [-0.4, -0.2) is 36.8 Å². The number of benzene rings is 4. The van der Waals surface area contributed by atoms with Gasteiger partial charge in [-0.15, -0.1) is 11.8 Å². The molecule has 8 bridgehead atoms. The molecule has 0 amide bonds. The monoisotopic (exact) mass is 712 g/mol. The Morgan fingerprint density at radius 3 is 1.21 bits per heavy atom. The number of rotatable bonds is 4. The average molecular weight is 713 g/mol. The molecule has 9 rings (SSSR count). The van der Waals surface area contributed by atoms with Gasteiger partial charge in [0, 0.05) is 76.5 Å². The number of nitrogens with zero attached hydrogens (tertiary/aromatic N) is 2. The van der Waals surface area contributed by atoms with E-state index in [0.717, 1.165) is 88.3 Å². The summed E-state index contributed by atoms with van der Waals surface area (Å²) in [6, 6.07) is 26.3. The van der Waals surface area contributed by atoms with Crippen molar-refractivity contribution >= 4 is 61.3 Å². The zero-order valence-corrected chi connectivity index (χ0v) is 31.8. The van der Waals surface area contributed by atoms with E-state index >= 15 is 0 Å². The molecular formula is C46H40N4O2S. The first-order chi connectivity index (χ1) is 25.5. The molecule has 7 heteroatoms. The molecule has 0 saturated heterocycles. The van der Waals surface area contributed by atoms with Gasteiger partial charge in [-0.25, -0.2) is 9.97 Å². The number of carbonyl (C=O) groups is 1. The predicted molar refractivity (Wildman–Crippen MR) is 221 cm³/mol. The highest BCUT2D eigenvalue weighted by molar-refractivity contribution is 7.99. The van der Waals surface area contributed by atoms with Crippen molar-refractivity contribution in [2.45, 2.75) is 59.8 Å². The topological polar surface area (TPSA) is 94.7 Å². The van der Waals surface area contributed by atoms with Gasteiger partial charge in [-0.2, -0.15) is 0 Å². The Labute approximate surface area is 312 Å². The highest BCUT2D eigenvalue weighted by atomic mass is 32.2. The minimum atomic E-state index is -0.796. The van der Waals surface area contributed by atoms with E-state index in [1.807, 2.05) is 0 Å². The standard InChI is InChI=1S/C46H40N4O2S/c1-22-8-9-23(2)40-30-19-32-42-25(4)12-13-27(6)44(42)34(49-32)21-36-46-37(53-17-16-38(51)52)15-14-28(7)45(46)35(50-36)20-33-43-26(5)11-10-24(3)41(43)31(48-33)18-29(47-30)39(22)40/h8-15,18-21,47,50H,16-17H2,1-7H3,(H,51,52). The van der Waals surface area contributed by atoms with Gasteiger partial charge in [0.2, 0.25) is 0 Å². The van der Waals surface area contributed by atoms with E-state index in [9.17, 15) is 9.90 Å². The second kappa shape index (κ2) is 12.2. The predicted octanol–water partition coefficient (Wildman–Crippen LogP) is 12.0. The molecule has 0 fully saturated rings. The number of carboxylic acid groups (broad SMARTS) is 1. The summed E-state index contributed by atoms with van der Waals surface area (Å²) in [5.74, 6) is -0.321. The lowest BCUT2D eigenvalue weighted by molar-refractivity contribution is -0.136. The van der Waals surface area contributed by atoms with Crippen molar-refractivity contribution in [1.29, 1.82) is 0 Å². The van der Waals surface area contributed by atoms with Crippen LogP contribution in [0, 0.1) is 48.5 Å². The van der Waals surface area contributed by atoms with E-state index < -0.39 is 5.97 Å². The SMILES string of the molecule is Cc1ccc(C)c2c1-c1cc3[nH]c(cc4nc(cc5[nH]c(cc-2n1)c1c(C)ccc(SCCC(=O)O)c51)-c1c(C)ccc(C)c1-4)c1c(C)ccc(C)c31. The van der Waals surface area contributed by atoms with Crippen LogP contribution in [0.2, 0.25) is 0 Å². The van der Waals surface area contributed by atoms with Gasteiger partial charge in [0.05, 0.1) is 29.2 Å². The second-order valence-electron chi connectivity index (χ2n) is 14.7. The molecule has 0 saturated carbocycles. The van der Waals surface area contributed by atoms with Crippen LogP contribution in [0.5, 0.6) is 0 Å². The van der Waals surface area contributed by atoms with Gasteiger partial charge in [-0.05, 0) is 118 Å². The number of hydrogen-bond donors (Lipinski definition) is 3. The number of nitrogens with one attached hydrogen (secondary N) is 2. The normalized spacial score (nSPS) is 12.1. The fourth-order valence-corrected chi connectivity index (χ4v) is 9.56. The molecule has 0 aliphatic carbocycles. The number of fused-ring (bicyclic) bond motifs is 20.